The molecule has 164 valence electrons. The highest BCUT2D eigenvalue weighted by Gasteiger charge is 2.29. The van der Waals surface area contributed by atoms with Gasteiger partial charge in [0.05, 0.1) is 21.2 Å². The van der Waals surface area contributed by atoms with E-state index in [1.54, 1.807) is 39.7 Å². The van der Waals surface area contributed by atoms with Crippen LogP contribution in [0.15, 0.2) is 53.4 Å². The average molecular weight is 458 g/mol. The van der Waals surface area contributed by atoms with Gasteiger partial charge in [0.15, 0.2) is 0 Å². The number of fused-ring (bicyclic) bond motifs is 1. The maximum Gasteiger partial charge on any atom is 0.254 e. The summed E-state index contributed by atoms with van der Waals surface area (Å²) >= 11 is 1.58. The molecule has 0 spiro atoms. The summed E-state index contributed by atoms with van der Waals surface area (Å²) < 4.78 is 28.5. The van der Waals surface area contributed by atoms with Gasteiger partial charge < -0.3 is 4.90 Å². The summed E-state index contributed by atoms with van der Waals surface area (Å²) in [4.78, 5) is 19.6. The van der Waals surface area contributed by atoms with Gasteiger partial charge in [0.2, 0.25) is 10.0 Å². The van der Waals surface area contributed by atoms with Crippen molar-refractivity contribution >= 4 is 37.5 Å². The molecule has 0 N–H and O–H groups in total. The predicted octanol–water partition coefficient (Wildman–Crippen LogP) is 4.55. The first-order valence-electron chi connectivity index (χ1n) is 10.5. The molecule has 4 rings (SSSR count). The van der Waals surface area contributed by atoms with E-state index in [-0.39, 0.29) is 16.8 Å². The second kappa shape index (κ2) is 8.68. The van der Waals surface area contributed by atoms with Gasteiger partial charge in [-0.25, -0.2) is 13.4 Å². The Balaban J connectivity index is 1.50. The highest BCUT2D eigenvalue weighted by molar-refractivity contribution is 7.89. The first kappa shape index (κ1) is 21.9. The zero-order valence-corrected chi connectivity index (χ0v) is 19.6. The van der Waals surface area contributed by atoms with Crippen LogP contribution in [0, 0.1) is 5.92 Å². The van der Waals surface area contributed by atoms with Crippen molar-refractivity contribution in [2.24, 2.45) is 5.92 Å². The number of thiazole rings is 1. The van der Waals surface area contributed by atoms with Crippen LogP contribution in [0.4, 0.5) is 0 Å². The third kappa shape index (κ3) is 4.37. The Kier molecular flexibility index (Phi) is 6.14. The van der Waals surface area contributed by atoms with E-state index in [1.807, 2.05) is 31.2 Å². The number of amides is 1. The first-order valence-corrected chi connectivity index (χ1v) is 12.8. The van der Waals surface area contributed by atoms with Crippen molar-refractivity contribution in [1.29, 1.82) is 0 Å². The summed E-state index contributed by atoms with van der Waals surface area (Å²) in [5.41, 5.74) is 1.39. The Morgan fingerprint density at radius 1 is 1.19 bits per heavy atom. The van der Waals surface area contributed by atoms with Gasteiger partial charge in [-0.3, -0.25) is 4.79 Å². The summed E-state index contributed by atoms with van der Waals surface area (Å²) in [5.74, 6) is 0.198. The van der Waals surface area contributed by atoms with Crippen molar-refractivity contribution in [3.05, 3.63) is 59.1 Å². The van der Waals surface area contributed by atoms with Crippen molar-refractivity contribution in [3.63, 3.8) is 0 Å². The summed E-state index contributed by atoms with van der Waals surface area (Å²) in [6.07, 6.45) is 1.93. The third-order valence-corrected chi connectivity index (χ3v) is 9.01. The van der Waals surface area contributed by atoms with Gasteiger partial charge in [0, 0.05) is 25.7 Å². The fourth-order valence-electron chi connectivity index (χ4n) is 3.90. The molecule has 2 heterocycles. The van der Waals surface area contributed by atoms with Crippen molar-refractivity contribution in [1.82, 2.24) is 14.2 Å². The van der Waals surface area contributed by atoms with Crippen LogP contribution in [0.3, 0.4) is 0 Å². The van der Waals surface area contributed by atoms with Gasteiger partial charge >= 0.3 is 0 Å². The Bertz CT molecular complexity index is 1160. The smallest absolute Gasteiger partial charge is 0.254 e. The zero-order valence-electron chi connectivity index (χ0n) is 18.0. The number of carbonyl (C=O) groups is 1. The topological polar surface area (TPSA) is 70.6 Å². The van der Waals surface area contributed by atoms with Crippen LogP contribution in [0.2, 0.25) is 0 Å². The number of piperidine rings is 1. The minimum absolute atomic E-state index is 0.165. The molecule has 2 aromatic carbocycles. The number of nitrogens with zero attached hydrogens (tertiary/aromatic N) is 3. The lowest BCUT2D eigenvalue weighted by atomic mass is 10.0. The van der Waals surface area contributed by atoms with Crippen molar-refractivity contribution in [3.8, 4) is 0 Å². The monoisotopic (exact) mass is 457 g/mol. The van der Waals surface area contributed by atoms with Crippen LogP contribution in [0.25, 0.3) is 10.2 Å². The third-order valence-electron chi connectivity index (χ3n) is 5.93. The second-order valence-corrected chi connectivity index (χ2v) is 11.2. The minimum Gasteiger partial charge on any atom is -0.333 e. The van der Waals surface area contributed by atoms with E-state index in [1.165, 1.54) is 12.1 Å². The number of rotatable bonds is 5. The van der Waals surface area contributed by atoms with Gasteiger partial charge in [-0.2, -0.15) is 4.31 Å². The number of carbonyl (C=O) groups excluding carboxylic acids is 1. The number of hydrogen-bond acceptors (Lipinski definition) is 5. The molecule has 2 unspecified atom stereocenters. The quantitative estimate of drug-likeness (QED) is 0.564. The number of para-hydroxylation sites is 1. The molecule has 31 heavy (non-hydrogen) atoms. The number of benzene rings is 2. The van der Waals surface area contributed by atoms with E-state index >= 15 is 0 Å². The van der Waals surface area contributed by atoms with E-state index in [9.17, 15) is 13.2 Å². The number of sulfonamides is 1. The molecule has 0 bridgehead atoms. The van der Waals surface area contributed by atoms with Crippen molar-refractivity contribution in [2.75, 3.05) is 20.1 Å². The maximum absolute atomic E-state index is 13.0. The fraction of sp³-hybridized carbons (Fsp3) is 0.391. The van der Waals surface area contributed by atoms with Crippen LogP contribution < -0.4 is 0 Å². The van der Waals surface area contributed by atoms with E-state index in [4.69, 9.17) is 0 Å². The van der Waals surface area contributed by atoms with E-state index in [0.717, 1.165) is 28.1 Å². The molecule has 2 atom stereocenters. The molecule has 1 saturated heterocycles. The molecule has 6 nitrogen and oxygen atoms in total. The van der Waals surface area contributed by atoms with Gasteiger partial charge in [0.25, 0.3) is 5.91 Å². The van der Waals surface area contributed by atoms with E-state index in [0.29, 0.717) is 24.6 Å². The summed E-state index contributed by atoms with van der Waals surface area (Å²) in [6.45, 7) is 5.12. The molecular weight excluding hydrogens is 430 g/mol. The molecule has 1 amide bonds. The Morgan fingerprint density at radius 2 is 1.90 bits per heavy atom. The molecule has 1 aliphatic heterocycles. The lowest BCUT2D eigenvalue weighted by Crippen LogP contribution is -2.39. The van der Waals surface area contributed by atoms with Crippen LogP contribution in [-0.4, -0.2) is 48.7 Å². The summed E-state index contributed by atoms with van der Waals surface area (Å²) in [7, 11) is -1.78. The van der Waals surface area contributed by atoms with Crippen molar-refractivity contribution < 1.29 is 13.2 Å². The lowest BCUT2D eigenvalue weighted by molar-refractivity contribution is 0.0742. The molecule has 8 heteroatoms. The van der Waals surface area contributed by atoms with Crippen LogP contribution in [-0.2, 0) is 10.0 Å². The minimum atomic E-state index is -3.53. The number of hydrogen-bond donors (Lipinski definition) is 0. The Hall–Kier alpha value is -2.29. The molecular formula is C23H27N3O3S2. The molecule has 0 saturated carbocycles. The lowest BCUT2D eigenvalue weighted by Gasteiger charge is -2.30. The normalized spacial score (nSPS) is 18.7. The largest absolute Gasteiger partial charge is 0.333 e. The number of aromatic nitrogens is 1. The van der Waals surface area contributed by atoms with Gasteiger partial charge in [-0.05, 0) is 62.1 Å². The second-order valence-electron chi connectivity index (χ2n) is 8.25. The standard InChI is InChI=1S/C23H27N3O3S2/c1-16-7-6-14-26(15-16)31(28,29)19-12-10-18(11-13-19)23(27)25(3)17(2)22-24-20-8-4-5-9-21(20)30-22/h4-5,8-13,16-17H,6-7,14-15H2,1-3H3. The Labute approximate surface area is 187 Å². The van der Waals surface area contributed by atoms with E-state index in [2.05, 4.69) is 11.9 Å². The van der Waals surface area contributed by atoms with E-state index < -0.39 is 10.0 Å². The highest BCUT2D eigenvalue weighted by atomic mass is 32.2. The molecule has 1 aromatic heterocycles. The SMILES string of the molecule is CC1CCCN(S(=O)(=O)c2ccc(C(=O)N(C)C(C)c3nc4ccccc4s3)cc2)C1. The Morgan fingerprint density at radius 3 is 2.58 bits per heavy atom. The average Bonchev–Trinajstić information content (AvgIpc) is 3.22. The molecule has 1 aliphatic rings. The van der Waals surface area contributed by atoms with Crippen LogP contribution in [0.5, 0.6) is 0 Å². The maximum atomic E-state index is 13.0. The molecule has 0 aliphatic carbocycles. The van der Waals surface area contributed by atoms with Crippen LogP contribution in [0.1, 0.15) is 48.1 Å². The summed E-state index contributed by atoms with van der Waals surface area (Å²) in [6, 6.07) is 14.0. The highest BCUT2D eigenvalue weighted by Crippen LogP contribution is 2.30. The van der Waals surface area contributed by atoms with Gasteiger partial charge in [0.1, 0.15) is 5.01 Å². The van der Waals surface area contributed by atoms with Crippen molar-refractivity contribution in [2.45, 2.75) is 37.6 Å². The van der Waals surface area contributed by atoms with Crippen LogP contribution >= 0.6 is 11.3 Å². The molecule has 3 aromatic rings. The molecule has 1 fully saturated rings. The molecule has 0 radical (unpaired) electrons. The van der Waals surface area contributed by atoms with Gasteiger partial charge in [-0.1, -0.05) is 19.1 Å². The fourth-order valence-corrected chi connectivity index (χ4v) is 6.56. The zero-order chi connectivity index (χ0) is 22.2. The predicted molar refractivity (Wildman–Crippen MR) is 124 cm³/mol. The summed E-state index contributed by atoms with van der Waals surface area (Å²) in [5, 5.41) is 0.871. The first-order chi connectivity index (χ1) is 14.8. The van der Waals surface area contributed by atoms with Gasteiger partial charge in [-0.15, -0.1) is 11.3 Å².